The first-order chi connectivity index (χ1) is 7.63. The average Bonchev–Trinajstić information content (AvgIpc) is 2.28. The molecule has 3 nitrogen and oxygen atoms in total. The number of hydrogen-bond acceptors (Lipinski definition) is 4. The summed E-state index contributed by atoms with van der Waals surface area (Å²) in [5.74, 6) is 1.02. The molecule has 1 aromatic carbocycles. The lowest BCUT2D eigenvalue weighted by Gasteiger charge is -2.11. The quantitative estimate of drug-likeness (QED) is 0.826. The summed E-state index contributed by atoms with van der Waals surface area (Å²) >= 11 is 7.47. The Balaban J connectivity index is 3.19. The van der Waals surface area contributed by atoms with Gasteiger partial charge >= 0.3 is 0 Å². The molecule has 0 aliphatic carbocycles. The maximum atomic E-state index is 11.8. The standard InChI is InChI=1S/C11H14ClNO2S/c1-13-9-5-8(12)11(15-2)4-7(9)10(14)6-16-3/h4-5,13H,6H2,1-3H3. The van der Waals surface area contributed by atoms with Crippen LogP contribution in [0.4, 0.5) is 5.69 Å². The normalized spacial score (nSPS) is 10.0. The molecule has 0 amide bonds. The van der Waals surface area contributed by atoms with Crippen molar-refractivity contribution in [2.24, 2.45) is 0 Å². The number of ether oxygens (including phenoxy) is 1. The molecule has 0 bridgehead atoms. The molecular weight excluding hydrogens is 246 g/mol. The summed E-state index contributed by atoms with van der Waals surface area (Å²) in [6.07, 6.45) is 1.89. The second-order valence-corrected chi connectivity index (χ2v) is 4.41. The van der Waals surface area contributed by atoms with Gasteiger partial charge in [-0.1, -0.05) is 11.6 Å². The molecule has 0 aromatic heterocycles. The molecule has 5 heteroatoms. The molecule has 0 atom stereocenters. The lowest BCUT2D eigenvalue weighted by molar-refractivity contribution is 0.102. The Bertz CT molecular complexity index is 396. The highest BCUT2D eigenvalue weighted by Crippen LogP contribution is 2.31. The van der Waals surface area contributed by atoms with Gasteiger partial charge in [-0.15, -0.1) is 0 Å². The number of methoxy groups -OCH3 is 1. The first-order valence-corrected chi connectivity index (χ1v) is 6.48. The van der Waals surface area contributed by atoms with Crippen molar-refractivity contribution in [2.45, 2.75) is 0 Å². The first kappa shape index (κ1) is 13.2. The molecule has 0 aliphatic rings. The number of carbonyl (C=O) groups is 1. The van der Waals surface area contributed by atoms with Crippen molar-refractivity contribution in [2.75, 3.05) is 31.5 Å². The number of rotatable bonds is 5. The van der Waals surface area contributed by atoms with Crippen LogP contribution in [0.15, 0.2) is 12.1 Å². The van der Waals surface area contributed by atoms with Crippen molar-refractivity contribution in [3.05, 3.63) is 22.7 Å². The summed E-state index contributed by atoms with van der Waals surface area (Å²) < 4.78 is 5.09. The van der Waals surface area contributed by atoms with E-state index in [1.54, 1.807) is 19.2 Å². The van der Waals surface area contributed by atoms with E-state index >= 15 is 0 Å². The van der Waals surface area contributed by atoms with Crippen molar-refractivity contribution < 1.29 is 9.53 Å². The number of nitrogens with one attached hydrogen (secondary N) is 1. The zero-order valence-electron chi connectivity index (χ0n) is 9.46. The molecule has 0 radical (unpaired) electrons. The topological polar surface area (TPSA) is 38.3 Å². The van der Waals surface area contributed by atoms with E-state index in [0.29, 0.717) is 22.1 Å². The van der Waals surface area contributed by atoms with Gasteiger partial charge in [0, 0.05) is 18.3 Å². The van der Waals surface area contributed by atoms with Gasteiger partial charge in [-0.25, -0.2) is 0 Å². The Morgan fingerprint density at radius 1 is 1.56 bits per heavy atom. The summed E-state index contributed by atoms with van der Waals surface area (Å²) in [5, 5.41) is 3.45. The van der Waals surface area contributed by atoms with Crippen LogP contribution in [-0.4, -0.2) is 31.9 Å². The van der Waals surface area contributed by atoms with Crippen LogP contribution in [0, 0.1) is 0 Å². The SMILES string of the molecule is CNc1cc(Cl)c(OC)cc1C(=O)CSC. The predicted octanol–water partition coefficient (Wildman–Crippen LogP) is 2.94. The fourth-order valence-electron chi connectivity index (χ4n) is 1.36. The highest BCUT2D eigenvalue weighted by atomic mass is 35.5. The monoisotopic (exact) mass is 259 g/mol. The largest absolute Gasteiger partial charge is 0.495 e. The highest BCUT2D eigenvalue weighted by molar-refractivity contribution is 7.99. The van der Waals surface area contributed by atoms with Crippen LogP contribution in [0.3, 0.4) is 0 Å². The molecule has 1 rings (SSSR count). The van der Waals surface area contributed by atoms with Crippen LogP contribution in [0.25, 0.3) is 0 Å². The molecule has 0 saturated carbocycles. The fourth-order valence-corrected chi connectivity index (χ4v) is 2.01. The van der Waals surface area contributed by atoms with E-state index in [1.807, 2.05) is 6.26 Å². The van der Waals surface area contributed by atoms with Gasteiger partial charge in [0.1, 0.15) is 5.75 Å². The molecular formula is C11H14ClNO2S. The molecule has 0 aliphatic heterocycles. The van der Waals surface area contributed by atoms with Gasteiger partial charge in [-0.3, -0.25) is 4.79 Å². The number of halogens is 1. The van der Waals surface area contributed by atoms with Crippen LogP contribution in [-0.2, 0) is 0 Å². The Labute approximate surface area is 105 Å². The minimum Gasteiger partial charge on any atom is -0.495 e. The van der Waals surface area contributed by atoms with Gasteiger partial charge in [0.15, 0.2) is 5.78 Å². The Morgan fingerprint density at radius 3 is 2.75 bits per heavy atom. The third kappa shape index (κ3) is 2.83. The second kappa shape index (κ2) is 6.01. The van der Waals surface area contributed by atoms with E-state index in [2.05, 4.69) is 5.32 Å². The van der Waals surface area contributed by atoms with E-state index in [-0.39, 0.29) is 5.78 Å². The molecule has 0 spiro atoms. The van der Waals surface area contributed by atoms with Gasteiger partial charge in [0.05, 0.1) is 17.9 Å². The van der Waals surface area contributed by atoms with E-state index in [1.165, 1.54) is 18.9 Å². The van der Waals surface area contributed by atoms with E-state index in [0.717, 1.165) is 5.69 Å². The van der Waals surface area contributed by atoms with Crippen molar-refractivity contribution in [3.8, 4) is 5.75 Å². The Morgan fingerprint density at radius 2 is 2.25 bits per heavy atom. The van der Waals surface area contributed by atoms with Gasteiger partial charge in [-0.05, 0) is 18.4 Å². The first-order valence-electron chi connectivity index (χ1n) is 4.71. The predicted molar refractivity (Wildman–Crippen MR) is 70.3 cm³/mol. The molecule has 0 unspecified atom stereocenters. The van der Waals surface area contributed by atoms with Crippen LogP contribution in [0.5, 0.6) is 5.75 Å². The Kier molecular flexibility index (Phi) is 4.96. The van der Waals surface area contributed by atoms with Crippen LogP contribution < -0.4 is 10.1 Å². The molecule has 1 N–H and O–H groups in total. The fraction of sp³-hybridized carbons (Fsp3) is 0.364. The number of carbonyl (C=O) groups excluding carboxylic acids is 1. The molecule has 16 heavy (non-hydrogen) atoms. The summed E-state index contributed by atoms with van der Waals surface area (Å²) in [7, 11) is 3.29. The highest BCUT2D eigenvalue weighted by Gasteiger charge is 2.14. The second-order valence-electron chi connectivity index (χ2n) is 3.14. The molecule has 0 fully saturated rings. The lowest BCUT2D eigenvalue weighted by atomic mass is 10.1. The molecule has 0 saturated heterocycles. The number of Topliss-reactive ketones (excluding diaryl/α,β-unsaturated/α-hetero) is 1. The number of benzene rings is 1. The molecule has 0 heterocycles. The van der Waals surface area contributed by atoms with Crippen LogP contribution in [0.2, 0.25) is 5.02 Å². The lowest BCUT2D eigenvalue weighted by Crippen LogP contribution is -2.07. The number of thioether (sulfide) groups is 1. The van der Waals surface area contributed by atoms with Gasteiger partial charge < -0.3 is 10.1 Å². The minimum absolute atomic E-state index is 0.0619. The maximum absolute atomic E-state index is 11.8. The number of anilines is 1. The maximum Gasteiger partial charge on any atom is 0.174 e. The average molecular weight is 260 g/mol. The van der Waals surface area contributed by atoms with Crippen LogP contribution in [0.1, 0.15) is 10.4 Å². The molecule has 88 valence electrons. The summed E-state index contributed by atoms with van der Waals surface area (Å²) in [5.41, 5.74) is 1.34. The van der Waals surface area contributed by atoms with Crippen LogP contribution >= 0.6 is 23.4 Å². The zero-order valence-corrected chi connectivity index (χ0v) is 11.0. The van der Waals surface area contributed by atoms with E-state index < -0.39 is 0 Å². The van der Waals surface area contributed by atoms with E-state index in [4.69, 9.17) is 16.3 Å². The minimum atomic E-state index is 0.0619. The summed E-state index contributed by atoms with van der Waals surface area (Å²) in [6, 6.07) is 3.38. The van der Waals surface area contributed by atoms with Gasteiger partial charge in [-0.2, -0.15) is 11.8 Å². The molecule has 1 aromatic rings. The summed E-state index contributed by atoms with van der Waals surface area (Å²) in [6.45, 7) is 0. The number of ketones is 1. The van der Waals surface area contributed by atoms with Crippen molar-refractivity contribution in [1.29, 1.82) is 0 Å². The van der Waals surface area contributed by atoms with Gasteiger partial charge in [0.25, 0.3) is 0 Å². The smallest absolute Gasteiger partial charge is 0.174 e. The van der Waals surface area contributed by atoms with Gasteiger partial charge in [0.2, 0.25) is 0 Å². The number of hydrogen-bond donors (Lipinski definition) is 1. The third-order valence-corrected chi connectivity index (χ3v) is 2.98. The van der Waals surface area contributed by atoms with E-state index in [9.17, 15) is 4.79 Å². The van der Waals surface area contributed by atoms with Crippen molar-refractivity contribution in [3.63, 3.8) is 0 Å². The van der Waals surface area contributed by atoms with Crippen molar-refractivity contribution in [1.82, 2.24) is 0 Å². The zero-order chi connectivity index (χ0) is 12.1. The Hall–Kier alpha value is -0.870. The van der Waals surface area contributed by atoms with Crippen molar-refractivity contribution >= 4 is 34.8 Å². The third-order valence-electron chi connectivity index (χ3n) is 2.14. The summed E-state index contributed by atoms with van der Waals surface area (Å²) in [4.78, 5) is 11.8.